The third-order valence-electron chi connectivity index (χ3n) is 6.79. The van der Waals surface area contributed by atoms with E-state index in [1.165, 1.54) is 32.1 Å². The molecule has 0 N–H and O–H groups in total. The molecule has 0 spiro atoms. The molecular formula is C19H34. The molecule has 0 aliphatic heterocycles. The fraction of sp³-hybridized carbons (Fsp3) is 1.00. The van der Waals surface area contributed by atoms with Crippen LogP contribution in [-0.2, 0) is 0 Å². The van der Waals surface area contributed by atoms with Crippen molar-refractivity contribution in [1.29, 1.82) is 0 Å². The molecule has 4 unspecified atom stereocenters. The SMILES string of the molecule is CC(CC1CCCCC1)C1CCCC2CCCCC21. The van der Waals surface area contributed by atoms with Crippen LogP contribution in [0.1, 0.15) is 90.4 Å². The van der Waals surface area contributed by atoms with E-state index in [0.717, 1.165) is 29.6 Å². The highest BCUT2D eigenvalue weighted by Gasteiger charge is 2.37. The third kappa shape index (κ3) is 3.37. The molecule has 110 valence electrons. The normalized spacial score (nSPS) is 38.7. The summed E-state index contributed by atoms with van der Waals surface area (Å²) in [5.41, 5.74) is 0. The lowest BCUT2D eigenvalue weighted by atomic mass is 9.61. The van der Waals surface area contributed by atoms with Crippen LogP contribution in [0.4, 0.5) is 0 Å². The van der Waals surface area contributed by atoms with Gasteiger partial charge in [-0.2, -0.15) is 0 Å². The Balaban J connectivity index is 1.56. The largest absolute Gasteiger partial charge is 0.0622 e. The summed E-state index contributed by atoms with van der Waals surface area (Å²) < 4.78 is 0. The van der Waals surface area contributed by atoms with Gasteiger partial charge in [0.1, 0.15) is 0 Å². The van der Waals surface area contributed by atoms with Gasteiger partial charge < -0.3 is 0 Å². The fourth-order valence-corrected chi connectivity index (χ4v) is 5.82. The topological polar surface area (TPSA) is 0 Å². The quantitative estimate of drug-likeness (QED) is 0.568. The Morgan fingerprint density at radius 2 is 1.42 bits per heavy atom. The van der Waals surface area contributed by atoms with Gasteiger partial charge in [-0.3, -0.25) is 0 Å². The molecule has 0 nitrogen and oxygen atoms in total. The van der Waals surface area contributed by atoms with Gasteiger partial charge in [-0.25, -0.2) is 0 Å². The average molecular weight is 262 g/mol. The van der Waals surface area contributed by atoms with Crippen LogP contribution in [-0.4, -0.2) is 0 Å². The summed E-state index contributed by atoms with van der Waals surface area (Å²) in [6.07, 6.45) is 20.1. The molecule has 0 aromatic carbocycles. The minimum atomic E-state index is 1.02. The van der Waals surface area contributed by atoms with E-state index < -0.39 is 0 Å². The Hall–Kier alpha value is 0. The molecule has 3 fully saturated rings. The van der Waals surface area contributed by atoms with E-state index >= 15 is 0 Å². The van der Waals surface area contributed by atoms with Crippen molar-refractivity contribution in [3.63, 3.8) is 0 Å². The molecular weight excluding hydrogens is 228 g/mol. The second kappa shape index (κ2) is 6.64. The second-order valence-electron chi connectivity index (χ2n) is 8.02. The van der Waals surface area contributed by atoms with E-state index in [1.807, 2.05) is 0 Å². The van der Waals surface area contributed by atoms with E-state index in [-0.39, 0.29) is 0 Å². The second-order valence-corrected chi connectivity index (χ2v) is 8.02. The predicted octanol–water partition coefficient (Wildman–Crippen LogP) is 6.20. The number of hydrogen-bond donors (Lipinski definition) is 0. The average Bonchev–Trinajstić information content (AvgIpc) is 2.47. The minimum Gasteiger partial charge on any atom is -0.0622 e. The molecule has 0 aromatic rings. The first-order valence-electron chi connectivity index (χ1n) is 9.34. The summed E-state index contributed by atoms with van der Waals surface area (Å²) in [7, 11) is 0. The Labute approximate surface area is 120 Å². The lowest BCUT2D eigenvalue weighted by molar-refractivity contribution is 0.0583. The molecule has 3 saturated carbocycles. The van der Waals surface area contributed by atoms with Crippen LogP contribution in [0.5, 0.6) is 0 Å². The molecule has 0 radical (unpaired) electrons. The van der Waals surface area contributed by atoms with Crippen molar-refractivity contribution >= 4 is 0 Å². The van der Waals surface area contributed by atoms with Gasteiger partial charge in [0.25, 0.3) is 0 Å². The van der Waals surface area contributed by atoms with Crippen molar-refractivity contribution in [3.05, 3.63) is 0 Å². The number of fused-ring (bicyclic) bond motifs is 1. The molecule has 0 heteroatoms. The third-order valence-corrected chi connectivity index (χ3v) is 6.79. The van der Waals surface area contributed by atoms with Crippen LogP contribution in [0.25, 0.3) is 0 Å². The van der Waals surface area contributed by atoms with E-state index in [4.69, 9.17) is 0 Å². The van der Waals surface area contributed by atoms with E-state index in [1.54, 1.807) is 51.4 Å². The highest BCUT2D eigenvalue weighted by atomic mass is 14.4. The Morgan fingerprint density at radius 3 is 2.26 bits per heavy atom. The van der Waals surface area contributed by atoms with Crippen molar-refractivity contribution < 1.29 is 0 Å². The van der Waals surface area contributed by atoms with Crippen molar-refractivity contribution in [3.8, 4) is 0 Å². The molecule has 0 aromatic heterocycles. The molecule has 0 bridgehead atoms. The van der Waals surface area contributed by atoms with Crippen LogP contribution in [0.15, 0.2) is 0 Å². The van der Waals surface area contributed by atoms with Crippen LogP contribution in [0.2, 0.25) is 0 Å². The van der Waals surface area contributed by atoms with Crippen molar-refractivity contribution in [2.75, 3.05) is 0 Å². The summed E-state index contributed by atoms with van der Waals surface area (Å²) >= 11 is 0. The van der Waals surface area contributed by atoms with Gasteiger partial charge in [-0.15, -0.1) is 0 Å². The van der Waals surface area contributed by atoms with Gasteiger partial charge in [-0.05, 0) is 48.9 Å². The van der Waals surface area contributed by atoms with E-state index in [2.05, 4.69) is 6.92 Å². The molecule has 0 amide bonds. The smallest absolute Gasteiger partial charge is 0.0355 e. The zero-order valence-corrected chi connectivity index (χ0v) is 13.1. The van der Waals surface area contributed by atoms with Gasteiger partial charge in [0.15, 0.2) is 0 Å². The Bertz CT molecular complexity index is 261. The van der Waals surface area contributed by atoms with Gasteiger partial charge in [0.05, 0.1) is 0 Å². The van der Waals surface area contributed by atoms with E-state index in [0.29, 0.717) is 0 Å². The minimum absolute atomic E-state index is 1.02. The summed E-state index contributed by atoms with van der Waals surface area (Å²) in [6, 6.07) is 0. The maximum atomic E-state index is 2.61. The first-order valence-corrected chi connectivity index (χ1v) is 9.34. The zero-order valence-electron chi connectivity index (χ0n) is 13.1. The highest BCUT2D eigenvalue weighted by Crippen LogP contribution is 2.48. The monoisotopic (exact) mass is 262 g/mol. The Morgan fingerprint density at radius 1 is 0.737 bits per heavy atom. The molecule has 3 aliphatic rings. The van der Waals surface area contributed by atoms with Crippen molar-refractivity contribution in [2.45, 2.75) is 90.4 Å². The lowest BCUT2D eigenvalue weighted by Crippen LogP contribution is -2.35. The highest BCUT2D eigenvalue weighted by molar-refractivity contribution is 4.88. The molecule has 19 heavy (non-hydrogen) atoms. The number of rotatable bonds is 3. The van der Waals surface area contributed by atoms with Gasteiger partial charge in [-0.1, -0.05) is 71.1 Å². The van der Waals surface area contributed by atoms with Gasteiger partial charge in [0, 0.05) is 0 Å². The summed E-state index contributed by atoms with van der Waals surface area (Å²) in [4.78, 5) is 0. The molecule has 0 heterocycles. The Kier molecular flexibility index (Phi) is 4.87. The van der Waals surface area contributed by atoms with Crippen molar-refractivity contribution in [2.24, 2.45) is 29.6 Å². The predicted molar refractivity (Wildman–Crippen MR) is 83.1 cm³/mol. The van der Waals surface area contributed by atoms with Crippen LogP contribution < -0.4 is 0 Å². The van der Waals surface area contributed by atoms with Crippen molar-refractivity contribution in [1.82, 2.24) is 0 Å². The summed E-state index contributed by atoms with van der Waals surface area (Å²) in [5, 5.41) is 0. The van der Waals surface area contributed by atoms with Crippen LogP contribution >= 0.6 is 0 Å². The standard InChI is InChI=1S/C19H34/c1-15(14-16-8-3-2-4-9-16)18-13-7-11-17-10-5-6-12-19(17)18/h15-19H,2-14H2,1H3. The lowest BCUT2D eigenvalue weighted by Gasteiger charge is -2.45. The van der Waals surface area contributed by atoms with Crippen LogP contribution in [0.3, 0.4) is 0 Å². The summed E-state index contributed by atoms with van der Waals surface area (Å²) in [5.74, 6) is 5.46. The van der Waals surface area contributed by atoms with Gasteiger partial charge >= 0.3 is 0 Å². The molecule has 4 atom stereocenters. The molecule has 3 aliphatic carbocycles. The van der Waals surface area contributed by atoms with Gasteiger partial charge in [0.2, 0.25) is 0 Å². The first-order chi connectivity index (χ1) is 9.34. The molecule has 3 rings (SSSR count). The first kappa shape index (κ1) is 14.0. The maximum absolute atomic E-state index is 2.61. The number of hydrogen-bond acceptors (Lipinski definition) is 0. The maximum Gasteiger partial charge on any atom is -0.0355 e. The fourth-order valence-electron chi connectivity index (χ4n) is 5.82. The zero-order chi connectivity index (χ0) is 13.1. The van der Waals surface area contributed by atoms with Crippen LogP contribution in [0, 0.1) is 29.6 Å². The summed E-state index contributed by atoms with van der Waals surface area (Å²) in [6.45, 7) is 2.61. The molecule has 0 saturated heterocycles. The van der Waals surface area contributed by atoms with E-state index in [9.17, 15) is 0 Å².